The number of Topliss-reactive ketones (excluding diaryl/α,β-unsaturated/α-hetero) is 1. The third-order valence-corrected chi connectivity index (χ3v) is 5.61. The Kier molecular flexibility index (Phi) is 15.3. The summed E-state index contributed by atoms with van der Waals surface area (Å²) in [4.78, 5) is 12.7. The van der Waals surface area contributed by atoms with Gasteiger partial charge >= 0.3 is 33.9 Å². The third kappa shape index (κ3) is 6.37. The molecule has 1 aromatic rings. The number of hydrogen-bond donors (Lipinski definition) is 0. The molecule has 0 aliphatic heterocycles. The molecule has 7 heteroatoms. The molecule has 0 radical (unpaired) electrons. The van der Waals surface area contributed by atoms with Gasteiger partial charge in [-0.3, -0.25) is 4.79 Å². The normalized spacial score (nSPS) is 20.3. The molecule has 3 atom stereocenters. The molecular weight excluding hydrogens is 424 g/mol. The molecular formula is C23H28CrO6. The average molecular weight is 452 g/mol. The van der Waals surface area contributed by atoms with E-state index in [1.807, 2.05) is 0 Å². The van der Waals surface area contributed by atoms with Gasteiger partial charge in [-0.2, -0.15) is 0 Å². The summed E-state index contributed by atoms with van der Waals surface area (Å²) in [5, 5.41) is 0. The quantitative estimate of drug-likeness (QED) is 0.484. The van der Waals surface area contributed by atoms with Crippen molar-refractivity contribution in [2.24, 2.45) is 11.8 Å². The van der Waals surface area contributed by atoms with E-state index in [-0.39, 0.29) is 23.1 Å². The van der Waals surface area contributed by atoms with Crippen LogP contribution in [0.15, 0.2) is 6.07 Å². The van der Waals surface area contributed by atoms with Crippen LogP contribution in [-0.2, 0) is 31.3 Å². The van der Waals surface area contributed by atoms with Crippen LogP contribution >= 0.6 is 0 Å². The van der Waals surface area contributed by atoms with Crippen LogP contribution in [0.4, 0.5) is 0 Å². The Labute approximate surface area is 190 Å². The molecule has 0 aromatic heterocycles. The van der Waals surface area contributed by atoms with Gasteiger partial charge in [-0.1, -0.05) is 20.8 Å². The van der Waals surface area contributed by atoms with E-state index in [1.165, 1.54) is 17.5 Å². The SMILES string of the molecule is COc1cc2c3c(c1OC)C(=O)CC[C@@H]3[C@@H](C)C[C@@H]2CC(C)C.[C-]#[O+].[C-]#[O+].[C-]#[O+].[Cr]. The Balaban J connectivity index is 0. The summed E-state index contributed by atoms with van der Waals surface area (Å²) >= 11 is 0. The van der Waals surface area contributed by atoms with Gasteiger partial charge in [0.25, 0.3) is 0 Å². The Morgan fingerprint density at radius 1 is 1.10 bits per heavy atom. The molecule has 2 aliphatic carbocycles. The smallest absolute Gasteiger partial charge is 0 e. The molecule has 1 aromatic carbocycles. The van der Waals surface area contributed by atoms with Crippen molar-refractivity contribution in [2.45, 2.75) is 58.3 Å². The number of rotatable bonds is 4. The number of methoxy groups -OCH3 is 2. The van der Waals surface area contributed by atoms with Crippen LogP contribution in [0.2, 0.25) is 0 Å². The zero-order valence-electron chi connectivity index (χ0n) is 18.1. The maximum absolute atomic E-state index is 12.7. The van der Waals surface area contributed by atoms with Gasteiger partial charge in [-0.25, -0.2) is 0 Å². The summed E-state index contributed by atoms with van der Waals surface area (Å²) in [5.41, 5.74) is 3.41. The van der Waals surface area contributed by atoms with Crippen LogP contribution in [0, 0.1) is 31.8 Å². The van der Waals surface area contributed by atoms with E-state index in [4.69, 9.17) is 23.4 Å². The van der Waals surface area contributed by atoms with E-state index in [1.54, 1.807) is 14.2 Å². The zero-order chi connectivity index (χ0) is 22.7. The number of carbonyl (C=O) groups excluding carboxylic acids is 1. The largest absolute Gasteiger partial charge is 0 e. The van der Waals surface area contributed by atoms with Crippen LogP contribution in [0.5, 0.6) is 11.5 Å². The Bertz CT molecular complexity index is 736. The summed E-state index contributed by atoms with van der Waals surface area (Å²) in [5.74, 6) is 3.83. The number of benzene rings is 1. The van der Waals surface area contributed by atoms with Crippen LogP contribution in [0.1, 0.15) is 79.8 Å². The predicted molar refractivity (Wildman–Crippen MR) is 104 cm³/mol. The second kappa shape index (κ2) is 15.1. The van der Waals surface area contributed by atoms with Gasteiger partial charge < -0.3 is 9.47 Å². The standard InChI is InChI=1S/C20H28O3.3CO.Cr/c1-11(2)8-13-9-12(3)14-6-7-16(21)19-18(14)15(13)10-17(22-4)20(19)23-5;3*1-2;/h10-14H,6-9H2,1-5H3;;;;/t12-,13-,14+;;;;/m0..../s1. The van der Waals surface area contributed by atoms with E-state index >= 15 is 0 Å². The minimum atomic E-state index is 0. The minimum absolute atomic E-state index is 0. The molecule has 0 bridgehead atoms. The van der Waals surface area contributed by atoms with Crippen molar-refractivity contribution in [2.75, 3.05) is 14.2 Å². The molecule has 6 nitrogen and oxygen atoms in total. The summed E-state index contributed by atoms with van der Waals surface area (Å²) in [7, 11) is 3.29. The maximum Gasteiger partial charge on any atom is 0 e. The summed E-state index contributed by atoms with van der Waals surface area (Å²) in [6, 6.07) is 2.14. The Morgan fingerprint density at radius 2 is 1.67 bits per heavy atom. The molecule has 0 spiro atoms. The molecule has 0 saturated heterocycles. The molecule has 162 valence electrons. The molecule has 0 unspecified atom stereocenters. The maximum atomic E-state index is 12.7. The van der Waals surface area contributed by atoms with Gasteiger partial charge in [0, 0.05) is 23.8 Å². The Morgan fingerprint density at radius 3 is 2.13 bits per heavy atom. The fourth-order valence-electron chi connectivity index (χ4n) is 4.70. The second-order valence-electron chi connectivity index (χ2n) is 7.60. The first-order chi connectivity index (χ1) is 14.0. The number of hydrogen-bond acceptors (Lipinski definition) is 3. The summed E-state index contributed by atoms with van der Waals surface area (Å²) in [6.07, 6.45) is 3.97. The Hall–Kier alpha value is -1.76. The zero-order valence-corrected chi connectivity index (χ0v) is 19.3. The van der Waals surface area contributed by atoms with E-state index in [2.05, 4.69) is 46.8 Å². The molecule has 0 heterocycles. The number of ketones is 1. The van der Waals surface area contributed by atoms with E-state index < -0.39 is 0 Å². The van der Waals surface area contributed by atoms with Crippen molar-refractivity contribution in [1.29, 1.82) is 0 Å². The van der Waals surface area contributed by atoms with Crippen molar-refractivity contribution in [3.05, 3.63) is 42.7 Å². The second-order valence-corrected chi connectivity index (χ2v) is 7.60. The van der Waals surface area contributed by atoms with Crippen molar-refractivity contribution in [1.82, 2.24) is 0 Å². The van der Waals surface area contributed by atoms with Gasteiger partial charge in [0.2, 0.25) is 0 Å². The first-order valence-electron chi connectivity index (χ1n) is 9.41. The van der Waals surface area contributed by atoms with E-state index in [0.29, 0.717) is 41.6 Å². The predicted octanol–water partition coefficient (Wildman–Crippen LogP) is 4.82. The molecule has 3 rings (SSSR count). The van der Waals surface area contributed by atoms with Gasteiger partial charge in [-0.15, -0.1) is 0 Å². The van der Waals surface area contributed by atoms with Gasteiger partial charge in [0.15, 0.2) is 17.3 Å². The van der Waals surface area contributed by atoms with Crippen LogP contribution in [0.3, 0.4) is 0 Å². The molecule has 0 amide bonds. The van der Waals surface area contributed by atoms with Crippen LogP contribution in [0.25, 0.3) is 0 Å². The van der Waals surface area contributed by atoms with Crippen molar-refractivity contribution in [3.8, 4) is 11.5 Å². The fourth-order valence-corrected chi connectivity index (χ4v) is 4.70. The van der Waals surface area contributed by atoms with E-state index in [9.17, 15) is 4.79 Å². The van der Waals surface area contributed by atoms with Crippen molar-refractivity contribution in [3.63, 3.8) is 0 Å². The number of carbonyl (C=O) groups is 1. The first kappa shape index (κ1) is 30.4. The van der Waals surface area contributed by atoms with Crippen molar-refractivity contribution < 1.29 is 45.6 Å². The molecule has 30 heavy (non-hydrogen) atoms. The molecule has 0 fully saturated rings. The monoisotopic (exact) mass is 452 g/mol. The molecule has 0 saturated carbocycles. The van der Waals surface area contributed by atoms with Gasteiger partial charge in [-0.05, 0) is 60.1 Å². The van der Waals surface area contributed by atoms with Crippen molar-refractivity contribution >= 4 is 5.78 Å². The summed E-state index contributed by atoms with van der Waals surface area (Å²) < 4.78 is 33.6. The first-order valence-corrected chi connectivity index (χ1v) is 9.41. The number of ether oxygens (including phenoxy) is 2. The van der Waals surface area contributed by atoms with Gasteiger partial charge in [0.1, 0.15) is 0 Å². The molecule has 2 aliphatic rings. The fraction of sp³-hybridized carbons (Fsp3) is 0.565. The molecule has 0 N–H and O–H groups in total. The average Bonchev–Trinajstić information content (AvgIpc) is 2.75. The topological polar surface area (TPSA) is 95.2 Å². The third-order valence-electron chi connectivity index (χ3n) is 5.61. The summed E-state index contributed by atoms with van der Waals surface area (Å²) in [6.45, 7) is 20.4. The van der Waals surface area contributed by atoms with Gasteiger partial charge in [0.05, 0.1) is 19.8 Å². The van der Waals surface area contributed by atoms with E-state index in [0.717, 1.165) is 18.4 Å². The van der Waals surface area contributed by atoms with Crippen LogP contribution < -0.4 is 9.47 Å². The van der Waals surface area contributed by atoms with Crippen LogP contribution in [-0.4, -0.2) is 20.0 Å². The minimum Gasteiger partial charge on any atom is 0 e.